The van der Waals surface area contributed by atoms with Gasteiger partial charge in [0, 0.05) is 30.1 Å². The second kappa shape index (κ2) is 8.03. The molecule has 2 saturated heterocycles. The van der Waals surface area contributed by atoms with Crippen molar-refractivity contribution in [2.24, 2.45) is 11.7 Å². The number of rotatable bonds is 5. The maximum atomic E-state index is 6.65. The first-order chi connectivity index (χ1) is 13.7. The van der Waals surface area contributed by atoms with Gasteiger partial charge in [-0.25, -0.2) is 4.98 Å². The van der Waals surface area contributed by atoms with Gasteiger partial charge in [-0.05, 0) is 68.8 Å². The first-order valence-electron chi connectivity index (χ1n) is 10.5. The summed E-state index contributed by atoms with van der Waals surface area (Å²) in [6.07, 6.45) is 6.16. The molecule has 3 fully saturated rings. The molecule has 4 heterocycles. The number of halogens is 1. The van der Waals surface area contributed by atoms with Gasteiger partial charge in [-0.15, -0.1) is 11.3 Å². The summed E-state index contributed by atoms with van der Waals surface area (Å²) in [5.74, 6) is 1.56. The normalized spacial score (nSPS) is 23.4. The Balaban J connectivity index is 1.30. The molecule has 1 unspecified atom stereocenters. The zero-order valence-corrected chi connectivity index (χ0v) is 17.7. The largest absolute Gasteiger partial charge is 0.378 e. The van der Waals surface area contributed by atoms with Crippen LogP contribution in [0.2, 0.25) is 5.28 Å². The third-order valence-corrected chi connectivity index (χ3v) is 7.68. The summed E-state index contributed by atoms with van der Waals surface area (Å²) in [6.45, 7) is 5.58. The summed E-state index contributed by atoms with van der Waals surface area (Å²) in [5, 5.41) is 0.315. The molecule has 6 nitrogen and oxygen atoms in total. The molecule has 2 aromatic heterocycles. The van der Waals surface area contributed by atoms with Gasteiger partial charge in [-0.2, -0.15) is 4.98 Å². The van der Waals surface area contributed by atoms with Crippen LogP contribution in [0.1, 0.15) is 30.6 Å². The van der Waals surface area contributed by atoms with Crippen LogP contribution in [0.15, 0.2) is 6.07 Å². The van der Waals surface area contributed by atoms with Crippen LogP contribution >= 0.6 is 22.9 Å². The number of fused-ring (bicyclic) bond motifs is 1. The molecule has 1 saturated carbocycles. The number of thiophene rings is 1. The van der Waals surface area contributed by atoms with Crippen LogP contribution < -0.4 is 10.6 Å². The summed E-state index contributed by atoms with van der Waals surface area (Å²) in [7, 11) is 0. The van der Waals surface area contributed by atoms with E-state index in [-0.39, 0.29) is 6.04 Å². The van der Waals surface area contributed by atoms with Crippen LogP contribution in [0.25, 0.3) is 10.2 Å². The lowest BCUT2D eigenvalue weighted by Gasteiger charge is -2.34. The van der Waals surface area contributed by atoms with Gasteiger partial charge in [0.15, 0.2) is 5.82 Å². The number of nitrogens with two attached hydrogens (primary N) is 1. The van der Waals surface area contributed by atoms with Gasteiger partial charge in [-0.3, -0.25) is 0 Å². The first kappa shape index (κ1) is 19.0. The standard InChI is InChI=1S/C20H28ClN5OS/c21-20-23-17-12-15(28-18(17)19(24-20)26-7-9-27-10-8-26)11-16(22)13-3-5-25(6-4-13)14-1-2-14/h12-14,16H,1-11,22H2. The molecule has 152 valence electrons. The SMILES string of the molecule is NC(Cc1cc2nc(Cl)nc(N3CCOCC3)c2s1)C1CCN(C2CC2)CC1. The Hall–Kier alpha value is -0.990. The maximum Gasteiger partial charge on any atom is 0.224 e. The Bertz CT molecular complexity index is 827. The molecule has 1 aliphatic carbocycles. The lowest BCUT2D eigenvalue weighted by atomic mass is 9.88. The molecule has 0 spiro atoms. The van der Waals surface area contributed by atoms with E-state index in [0.29, 0.717) is 11.2 Å². The van der Waals surface area contributed by atoms with Crippen molar-refractivity contribution >= 4 is 39.0 Å². The van der Waals surface area contributed by atoms with E-state index in [2.05, 4.69) is 25.8 Å². The summed E-state index contributed by atoms with van der Waals surface area (Å²) in [6, 6.07) is 3.25. The highest BCUT2D eigenvalue weighted by Gasteiger charge is 2.33. The quantitative estimate of drug-likeness (QED) is 0.748. The monoisotopic (exact) mass is 421 g/mol. The predicted molar refractivity (Wildman–Crippen MR) is 114 cm³/mol. The minimum absolute atomic E-state index is 0.213. The van der Waals surface area contributed by atoms with E-state index in [1.54, 1.807) is 11.3 Å². The Morgan fingerprint density at radius 1 is 1.14 bits per heavy atom. The van der Waals surface area contributed by atoms with Crippen molar-refractivity contribution in [3.05, 3.63) is 16.2 Å². The number of aromatic nitrogens is 2. The van der Waals surface area contributed by atoms with Crippen molar-refractivity contribution in [3.63, 3.8) is 0 Å². The van der Waals surface area contributed by atoms with Crippen molar-refractivity contribution in [2.45, 2.75) is 44.2 Å². The molecule has 0 aromatic carbocycles. The molecule has 0 amide bonds. The van der Waals surface area contributed by atoms with Gasteiger partial charge < -0.3 is 20.3 Å². The molecule has 1 atom stereocenters. The highest BCUT2D eigenvalue weighted by atomic mass is 35.5. The summed E-state index contributed by atoms with van der Waals surface area (Å²) < 4.78 is 6.60. The van der Waals surface area contributed by atoms with Gasteiger partial charge in [0.25, 0.3) is 0 Å². The number of nitrogens with zero attached hydrogens (tertiary/aromatic N) is 4. The number of hydrogen-bond acceptors (Lipinski definition) is 7. The second-order valence-corrected chi connectivity index (χ2v) is 9.79. The Morgan fingerprint density at radius 2 is 1.89 bits per heavy atom. The Morgan fingerprint density at radius 3 is 2.61 bits per heavy atom. The fourth-order valence-corrected chi connectivity index (χ4v) is 5.93. The molecule has 2 N–H and O–H groups in total. The molecule has 8 heteroatoms. The van der Waals surface area contributed by atoms with E-state index in [4.69, 9.17) is 22.1 Å². The second-order valence-electron chi connectivity index (χ2n) is 8.32. The summed E-state index contributed by atoms with van der Waals surface area (Å²) in [5.41, 5.74) is 7.59. The Labute approximate surface area is 175 Å². The zero-order chi connectivity index (χ0) is 19.1. The minimum atomic E-state index is 0.213. The van der Waals surface area contributed by atoms with Crippen LogP contribution in [-0.4, -0.2) is 66.3 Å². The van der Waals surface area contributed by atoms with Crippen LogP contribution in [0.5, 0.6) is 0 Å². The molecular weight excluding hydrogens is 394 g/mol. The molecule has 2 aromatic rings. The molecule has 0 bridgehead atoms. The molecule has 3 aliphatic rings. The number of anilines is 1. The maximum absolute atomic E-state index is 6.65. The van der Waals surface area contributed by atoms with Gasteiger partial charge in [-0.1, -0.05) is 0 Å². The lowest BCUT2D eigenvalue weighted by molar-refractivity contribution is 0.122. The zero-order valence-electron chi connectivity index (χ0n) is 16.1. The summed E-state index contributed by atoms with van der Waals surface area (Å²) >= 11 is 8.00. The van der Waals surface area contributed by atoms with Crippen molar-refractivity contribution in [3.8, 4) is 0 Å². The van der Waals surface area contributed by atoms with Crippen LogP contribution in [0.4, 0.5) is 5.82 Å². The fraction of sp³-hybridized carbons (Fsp3) is 0.700. The van der Waals surface area contributed by atoms with E-state index < -0.39 is 0 Å². The number of likely N-dealkylation sites (tertiary alicyclic amines) is 1. The Kier molecular flexibility index (Phi) is 5.45. The molecule has 5 rings (SSSR count). The highest BCUT2D eigenvalue weighted by molar-refractivity contribution is 7.19. The first-order valence-corrected chi connectivity index (χ1v) is 11.6. The minimum Gasteiger partial charge on any atom is -0.378 e. The lowest BCUT2D eigenvalue weighted by Crippen LogP contribution is -2.42. The predicted octanol–water partition coefficient (Wildman–Crippen LogP) is 2.93. The molecule has 2 aliphatic heterocycles. The number of ether oxygens (including phenoxy) is 1. The smallest absolute Gasteiger partial charge is 0.224 e. The van der Waals surface area contributed by atoms with Crippen LogP contribution in [0.3, 0.4) is 0 Å². The van der Waals surface area contributed by atoms with Crippen LogP contribution in [-0.2, 0) is 11.2 Å². The highest BCUT2D eigenvalue weighted by Crippen LogP contribution is 2.35. The fourth-order valence-electron chi connectivity index (χ4n) is 4.58. The third-order valence-electron chi connectivity index (χ3n) is 6.37. The number of piperidine rings is 1. The van der Waals surface area contributed by atoms with Crippen molar-refractivity contribution in [1.82, 2.24) is 14.9 Å². The number of morpholine rings is 1. The molecule has 28 heavy (non-hydrogen) atoms. The average molecular weight is 422 g/mol. The van der Waals surface area contributed by atoms with Crippen molar-refractivity contribution in [2.75, 3.05) is 44.3 Å². The van der Waals surface area contributed by atoms with E-state index in [9.17, 15) is 0 Å². The van der Waals surface area contributed by atoms with Gasteiger partial charge in [0.1, 0.15) is 0 Å². The van der Waals surface area contributed by atoms with E-state index in [1.807, 2.05) is 0 Å². The molecular formula is C20H28ClN5OS. The topological polar surface area (TPSA) is 67.5 Å². The van der Waals surface area contributed by atoms with E-state index in [1.165, 1.54) is 43.6 Å². The third kappa shape index (κ3) is 4.00. The van der Waals surface area contributed by atoms with Crippen molar-refractivity contribution < 1.29 is 4.74 Å². The van der Waals surface area contributed by atoms with E-state index in [0.717, 1.165) is 54.8 Å². The molecule has 0 radical (unpaired) electrons. The van der Waals surface area contributed by atoms with Crippen LogP contribution in [0, 0.1) is 5.92 Å². The van der Waals surface area contributed by atoms with E-state index >= 15 is 0 Å². The number of hydrogen-bond donors (Lipinski definition) is 1. The average Bonchev–Trinajstić information content (AvgIpc) is 3.49. The van der Waals surface area contributed by atoms with Crippen molar-refractivity contribution in [1.29, 1.82) is 0 Å². The van der Waals surface area contributed by atoms with Gasteiger partial charge in [0.2, 0.25) is 5.28 Å². The van der Waals surface area contributed by atoms with Gasteiger partial charge in [0.05, 0.1) is 23.4 Å². The van der Waals surface area contributed by atoms with Gasteiger partial charge >= 0.3 is 0 Å². The summed E-state index contributed by atoms with van der Waals surface area (Å²) in [4.78, 5) is 15.2.